The Morgan fingerprint density at radius 3 is 2.50 bits per heavy atom. The second-order valence-electron chi connectivity index (χ2n) is 5.79. The molecule has 0 bridgehead atoms. The van der Waals surface area contributed by atoms with Crippen molar-refractivity contribution in [3.8, 4) is 0 Å². The van der Waals surface area contributed by atoms with Gasteiger partial charge in [-0.25, -0.2) is 0 Å². The molecule has 3 heteroatoms. The van der Waals surface area contributed by atoms with Gasteiger partial charge >= 0.3 is 0 Å². The third kappa shape index (κ3) is 3.69. The summed E-state index contributed by atoms with van der Waals surface area (Å²) in [6, 6.07) is 5.78. The summed E-state index contributed by atoms with van der Waals surface area (Å²) in [5.74, 6) is 0.144. The number of Topliss-reactive ketones (excluding diaryl/α,β-unsaturated/α-hetero) is 1. The molecule has 0 radical (unpaired) electrons. The van der Waals surface area contributed by atoms with Crippen LogP contribution in [0.1, 0.15) is 53.6 Å². The summed E-state index contributed by atoms with van der Waals surface area (Å²) in [6.07, 6.45) is 5.41. The lowest BCUT2D eigenvalue weighted by atomic mass is 9.88. The Kier molecular flexibility index (Phi) is 4.94. The summed E-state index contributed by atoms with van der Waals surface area (Å²) in [5.41, 5.74) is 2.83. The van der Waals surface area contributed by atoms with Crippen LogP contribution >= 0.6 is 0 Å². The fourth-order valence-electron chi connectivity index (χ4n) is 2.90. The van der Waals surface area contributed by atoms with Crippen LogP contribution in [0.2, 0.25) is 0 Å². The molecule has 1 fully saturated rings. The summed E-state index contributed by atoms with van der Waals surface area (Å²) in [7, 11) is 0. The smallest absolute Gasteiger partial charge is 0.223 e. The third-order valence-corrected chi connectivity index (χ3v) is 4.08. The zero-order chi connectivity index (χ0) is 14.5. The van der Waals surface area contributed by atoms with E-state index in [9.17, 15) is 9.59 Å². The molecule has 20 heavy (non-hydrogen) atoms. The van der Waals surface area contributed by atoms with Crippen molar-refractivity contribution in [3.05, 3.63) is 34.9 Å². The summed E-state index contributed by atoms with van der Waals surface area (Å²) in [4.78, 5) is 24.2. The molecule has 0 spiro atoms. The molecular formula is C17H23NO2. The highest BCUT2D eigenvalue weighted by Gasteiger charge is 2.21. The van der Waals surface area contributed by atoms with Gasteiger partial charge in [0.05, 0.1) is 6.54 Å². The van der Waals surface area contributed by atoms with E-state index in [1.165, 1.54) is 6.42 Å². The van der Waals surface area contributed by atoms with Gasteiger partial charge in [0.25, 0.3) is 0 Å². The van der Waals surface area contributed by atoms with Gasteiger partial charge < -0.3 is 5.32 Å². The van der Waals surface area contributed by atoms with E-state index in [1.807, 2.05) is 32.0 Å². The van der Waals surface area contributed by atoms with Crippen molar-refractivity contribution >= 4 is 11.7 Å². The molecule has 1 N–H and O–H groups in total. The van der Waals surface area contributed by atoms with E-state index in [0.29, 0.717) is 5.56 Å². The Morgan fingerprint density at radius 1 is 1.15 bits per heavy atom. The molecule has 1 amide bonds. The minimum absolute atomic E-state index is 0.00772. The maximum atomic E-state index is 12.1. The number of rotatable bonds is 4. The predicted molar refractivity (Wildman–Crippen MR) is 79.8 cm³/mol. The lowest BCUT2D eigenvalue weighted by Gasteiger charge is -2.20. The van der Waals surface area contributed by atoms with Crippen molar-refractivity contribution in [1.29, 1.82) is 0 Å². The lowest BCUT2D eigenvalue weighted by molar-refractivity contribution is -0.125. The van der Waals surface area contributed by atoms with Gasteiger partial charge in [-0.2, -0.15) is 0 Å². The van der Waals surface area contributed by atoms with Crippen LogP contribution in [0.15, 0.2) is 18.2 Å². The topological polar surface area (TPSA) is 46.2 Å². The highest BCUT2D eigenvalue weighted by atomic mass is 16.2. The molecule has 0 heterocycles. The summed E-state index contributed by atoms with van der Waals surface area (Å²) in [6.45, 7) is 4.05. The number of carbonyl (C=O) groups is 2. The van der Waals surface area contributed by atoms with Gasteiger partial charge in [0.2, 0.25) is 5.91 Å². The first-order valence-electron chi connectivity index (χ1n) is 7.46. The molecule has 0 atom stereocenters. The average Bonchev–Trinajstić information content (AvgIpc) is 2.45. The highest BCUT2D eigenvalue weighted by Crippen LogP contribution is 2.23. The molecule has 0 saturated heterocycles. The quantitative estimate of drug-likeness (QED) is 0.856. The van der Waals surface area contributed by atoms with E-state index < -0.39 is 0 Å². The van der Waals surface area contributed by atoms with Crippen molar-refractivity contribution in [1.82, 2.24) is 5.32 Å². The maximum Gasteiger partial charge on any atom is 0.223 e. The molecular weight excluding hydrogens is 250 g/mol. The lowest BCUT2D eigenvalue weighted by Crippen LogP contribution is -2.35. The van der Waals surface area contributed by atoms with Gasteiger partial charge in [-0.15, -0.1) is 0 Å². The molecule has 0 unspecified atom stereocenters. The third-order valence-electron chi connectivity index (χ3n) is 4.08. The number of hydrogen-bond acceptors (Lipinski definition) is 2. The fourth-order valence-corrected chi connectivity index (χ4v) is 2.90. The standard InChI is InChI=1S/C17H23NO2/c1-12-8-9-15(13(2)10-12)16(19)11-18-17(20)14-6-4-3-5-7-14/h8-10,14H,3-7,11H2,1-2H3,(H,18,20). The Bertz CT molecular complexity index is 502. The van der Waals surface area contributed by atoms with E-state index in [1.54, 1.807) is 0 Å². The molecule has 1 aromatic rings. The number of nitrogens with one attached hydrogen (secondary N) is 1. The second-order valence-corrected chi connectivity index (χ2v) is 5.79. The van der Waals surface area contributed by atoms with Gasteiger partial charge in [-0.1, -0.05) is 43.0 Å². The molecule has 3 nitrogen and oxygen atoms in total. The van der Waals surface area contributed by atoms with Crippen LogP contribution in [-0.2, 0) is 4.79 Å². The molecule has 1 saturated carbocycles. The molecule has 2 rings (SSSR count). The SMILES string of the molecule is Cc1ccc(C(=O)CNC(=O)C2CCCCC2)c(C)c1. The molecule has 1 aliphatic carbocycles. The van der Waals surface area contributed by atoms with Crippen molar-refractivity contribution in [2.45, 2.75) is 46.0 Å². The van der Waals surface area contributed by atoms with Crippen molar-refractivity contribution < 1.29 is 9.59 Å². The molecule has 0 aliphatic heterocycles. The molecule has 0 aromatic heterocycles. The van der Waals surface area contributed by atoms with Gasteiger partial charge in [0.15, 0.2) is 5.78 Å². The minimum atomic E-state index is -0.00772. The first-order chi connectivity index (χ1) is 9.58. The summed E-state index contributed by atoms with van der Waals surface area (Å²) < 4.78 is 0. The van der Waals surface area contributed by atoms with Crippen molar-refractivity contribution in [2.75, 3.05) is 6.54 Å². The Labute approximate surface area is 120 Å². The highest BCUT2D eigenvalue weighted by molar-refractivity contribution is 6.00. The predicted octanol–water partition coefficient (Wildman–Crippen LogP) is 3.18. The average molecular weight is 273 g/mol. The summed E-state index contributed by atoms with van der Waals surface area (Å²) in [5, 5.41) is 2.80. The van der Waals surface area contributed by atoms with Crippen LogP contribution in [0, 0.1) is 19.8 Å². The van der Waals surface area contributed by atoms with Gasteiger partial charge in [-0.3, -0.25) is 9.59 Å². The van der Waals surface area contributed by atoms with Gasteiger partial charge in [-0.05, 0) is 32.3 Å². The normalized spacial score (nSPS) is 15.9. The van der Waals surface area contributed by atoms with E-state index in [4.69, 9.17) is 0 Å². The minimum Gasteiger partial charge on any atom is -0.348 e. The number of carbonyl (C=O) groups excluding carboxylic acids is 2. The number of ketones is 1. The van der Waals surface area contributed by atoms with E-state index in [2.05, 4.69) is 5.32 Å². The Hall–Kier alpha value is -1.64. The zero-order valence-electron chi connectivity index (χ0n) is 12.4. The van der Waals surface area contributed by atoms with Crippen LogP contribution in [0.5, 0.6) is 0 Å². The van der Waals surface area contributed by atoms with E-state index in [-0.39, 0.29) is 24.2 Å². The van der Waals surface area contributed by atoms with Crippen molar-refractivity contribution in [3.63, 3.8) is 0 Å². The molecule has 1 aromatic carbocycles. The van der Waals surface area contributed by atoms with Crippen molar-refractivity contribution in [2.24, 2.45) is 5.92 Å². The largest absolute Gasteiger partial charge is 0.348 e. The Balaban J connectivity index is 1.89. The molecule has 1 aliphatic rings. The fraction of sp³-hybridized carbons (Fsp3) is 0.529. The van der Waals surface area contributed by atoms with Crippen LogP contribution in [0.25, 0.3) is 0 Å². The molecule has 108 valence electrons. The number of benzene rings is 1. The Morgan fingerprint density at radius 2 is 1.85 bits per heavy atom. The van der Waals surface area contributed by atoms with Gasteiger partial charge in [0, 0.05) is 11.5 Å². The first-order valence-corrected chi connectivity index (χ1v) is 7.46. The first kappa shape index (κ1) is 14.8. The number of hydrogen-bond donors (Lipinski definition) is 1. The van der Waals surface area contributed by atoms with Crippen LogP contribution < -0.4 is 5.32 Å². The number of amides is 1. The second kappa shape index (κ2) is 6.69. The zero-order valence-corrected chi connectivity index (χ0v) is 12.4. The summed E-state index contributed by atoms with van der Waals surface area (Å²) >= 11 is 0. The van der Waals surface area contributed by atoms with Crippen LogP contribution in [0.4, 0.5) is 0 Å². The van der Waals surface area contributed by atoms with Crippen LogP contribution in [0.3, 0.4) is 0 Å². The van der Waals surface area contributed by atoms with Gasteiger partial charge in [0.1, 0.15) is 0 Å². The van der Waals surface area contributed by atoms with Crippen LogP contribution in [-0.4, -0.2) is 18.2 Å². The monoisotopic (exact) mass is 273 g/mol. The van der Waals surface area contributed by atoms with E-state index in [0.717, 1.165) is 36.8 Å². The maximum absolute atomic E-state index is 12.1. The van der Waals surface area contributed by atoms with E-state index >= 15 is 0 Å². The number of aryl methyl sites for hydroxylation is 2.